The number of benzene rings is 1. The maximum absolute atomic E-state index is 12.1. The van der Waals surface area contributed by atoms with Crippen molar-refractivity contribution in [3.05, 3.63) is 47.4 Å². The van der Waals surface area contributed by atoms with E-state index in [1.165, 1.54) is 43.7 Å². The number of nitrogens with zero attached hydrogens (tertiary/aromatic N) is 2. The molecule has 2 aromatic rings. The molecule has 9 heteroatoms. The van der Waals surface area contributed by atoms with E-state index in [1.807, 2.05) is 0 Å². The summed E-state index contributed by atoms with van der Waals surface area (Å²) in [4.78, 5) is 18.9. The van der Waals surface area contributed by atoms with Gasteiger partial charge in [-0.2, -0.15) is 0 Å². The van der Waals surface area contributed by atoms with Crippen molar-refractivity contribution >= 4 is 33.3 Å². The van der Waals surface area contributed by atoms with Crippen LogP contribution < -0.4 is 10.0 Å². The fourth-order valence-corrected chi connectivity index (χ4v) is 2.58. The number of sulfonamides is 1. The van der Waals surface area contributed by atoms with Gasteiger partial charge in [0.15, 0.2) is 5.82 Å². The van der Waals surface area contributed by atoms with E-state index in [1.54, 1.807) is 0 Å². The number of carbonyl (C=O) groups is 1. The zero-order valence-electron chi connectivity index (χ0n) is 10.9. The van der Waals surface area contributed by atoms with E-state index in [2.05, 4.69) is 20.0 Å². The summed E-state index contributed by atoms with van der Waals surface area (Å²) in [6, 6.07) is 5.49. The molecule has 0 aliphatic carbocycles. The topological polar surface area (TPSA) is 101 Å². The van der Waals surface area contributed by atoms with E-state index >= 15 is 0 Å². The summed E-state index contributed by atoms with van der Waals surface area (Å²) < 4.78 is 26.5. The molecule has 0 saturated heterocycles. The van der Waals surface area contributed by atoms with Gasteiger partial charge in [0.1, 0.15) is 5.15 Å². The van der Waals surface area contributed by atoms with Gasteiger partial charge < -0.3 is 5.32 Å². The van der Waals surface area contributed by atoms with E-state index in [0.29, 0.717) is 5.56 Å². The summed E-state index contributed by atoms with van der Waals surface area (Å²) in [6.07, 6.45) is 2.44. The Morgan fingerprint density at radius 3 is 2.33 bits per heavy atom. The van der Waals surface area contributed by atoms with Crippen LogP contribution in [0.25, 0.3) is 0 Å². The van der Waals surface area contributed by atoms with Crippen LogP contribution in [0.5, 0.6) is 0 Å². The van der Waals surface area contributed by atoms with Gasteiger partial charge in [-0.3, -0.25) is 9.52 Å². The van der Waals surface area contributed by atoms with Gasteiger partial charge in [-0.15, -0.1) is 0 Å². The first kappa shape index (κ1) is 15.2. The number of carbonyl (C=O) groups excluding carboxylic acids is 1. The number of hydrogen-bond acceptors (Lipinski definition) is 5. The standard InChI is InChI=1S/C12H11ClN4O3S/c1-14-12(18)8-2-4-9(5-3-8)21(19,20)17-11-7-15-10(13)6-16-11/h2-7H,1H3,(H,14,18)(H,16,17). The molecular weight excluding hydrogens is 316 g/mol. The summed E-state index contributed by atoms with van der Waals surface area (Å²) in [6.45, 7) is 0. The van der Waals surface area contributed by atoms with Gasteiger partial charge in [-0.1, -0.05) is 11.6 Å². The van der Waals surface area contributed by atoms with Crippen LogP contribution in [-0.2, 0) is 10.0 Å². The average molecular weight is 327 g/mol. The molecule has 0 fully saturated rings. The third-order valence-electron chi connectivity index (χ3n) is 2.51. The van der Waals surface area contributed by atoms with Crippen LogP contribution in [0.1, 0.15) is 10.4 Å². The highest BCUT2D eigenvalue weighted by molar-refractivity contribution is 7.92. The molecule has 0 saturated carbocycles. The van der Waals surface area contributed by atoms with E-state index in [4.69, 9.17) is 11.6 Å². The molecule has 0 radical (unpaired) electrons. The van der Waals surface area contributed by atoms with Crippen molar-refractivity contribution in [3.63, 3.8) is 0 Å². The maximum atomic E-state index is 12.1. The second kappa shape index (κ2) is 6.06. The van der Waals surface area contributed by atoms with Gasteiger partial charge in [-0.25, -0.2) is 18.4 Å². The molecule has 0 atom stereocenters. The molecule has 0 bridgehead atoms. The second-order valence-electron chi connectivity index (χ2n) is 3.93. The van der Waals surface area contributed by atoms with E-state index < -0.39 is 10.0 Å². The highest BCUT2D eigenvalue weighted by Gasteiger charge is 2.15. The third kappa shape index (κ3) is 3.67. The lowest BCUT2D eigenvalue weighted by Gasteiger charge is -2.07. The number of halogens is 1. The fourth-order valence-electron chi connectivity index (χ4n) is 1.49. The number of nitrogens with one attached hydrogen (secondary N) is 2. The minimum absolute atomic E-state index is 0.00639. The van der Waals surface area contributed by atoms with Gasteiger partial charge >= 0.3 is 0 Å². The summed E-state index contributed by atoms with van der Waals surface area (Å²) >= 11 is 5.57. The molecule has 1 amide bonds. The Bertz CT molecular complexity index is 745. The van der Waals surface area contributed by atoms with Crippen molar-refractivity contribution in [2.24, 2.45) is 0 Å². The molecular formula is C12H11ClN4O3S. The molecule has 0 aliphatic heterocycles. The zero-order valence-corrected chi connectivity index (χ0v) is 12.4. The number of amides is 1. The minimum atomic E-state index is -3.80. The highest BCUT2D eigenvalue weighted by Crippen LogP contribution is 2.15. The molecule has 0 spiro atoms. The van der Waals surface area contributed by atoms with Gasteiger partial charge in [0.2, 0.25) is 0 Å². The predicted octanol–water partition coefficient (Wildman–Crippen LogP) is 1.29. The lowest BCUT2D eigenvalue weighted by Crippen LogP contribution is -2.18. The molecule has 1 aromatic carbocycles. The summed E-state index contributed by atoms with van der Waals surface area (Å²) in [5, 5.41) is 2.61. The molecule has 1 aromatic heterocycles. The SMILES string of the molecule is CNC(=O)c1ccc(S(=O)(=O)Nc2cnc(Cl)cn2)cc1. The lowest BCUT2D eigenvalue weighted by atomic mass is 10.2. The normalized spacial score (nSPS) is 11.0. The molecule has 0 aliphatic rings. The summed E-state index contributed by atoms with van der Waals surface area (Å²) in [5.41, 5.74) is 0.364. The van der Waals surface area contributed by atoms with Gasteiger partial charge in [0, 0.05) is 12.6 Å². The lowest BCUT2D eigenvalue weighted by molar-refractivity contribution is 0.0963. The van der Waals surface area contributed by atoms with Gasteiger partial charge in [-0.05, 0) is 24.3 Å². The Hall–Kier alpha value is -2.19. The van der Waals surface area contributed by atoms with Gasteiger partial charge in [0.05, 0.1) is 17.3 Å². The van der Waals surface area contributed by atoms with Crippen molar-refractivity contribution in [2.75, 3.05) is 11.8 Å². The van der Waals surface area contributed by atoms with Gasteiger partial charge in [0.25, 0.3) is 15.9 Å². The van der Waals surface area contributed by atoms with E-state index in [9.17, 15) is 13.2 Å². The molecule has 7 nitrogen and oxygen atoms in total. The molecule has 110 valence electrons. The van der Waals surface area contributed by atoms with Crippen LogP contribution >= 0.6 is 11.6 Å². The van der Waals surface area contributed by atoms with Crippen LogP contribution in [0, 0.1) is 0 Å². The van der Waals surface area contributed by atoms with Crippen LogP contribution in [0.3, 0.4) is 0 Å². The smallest absolute Gasteiger partial charge is 0.263 e. The summed E-state index contributed by atoms with van der Waals surface area (Å²) in [7, 11) is -2.31. The van der Waals surface area contributed by atoms with Crippen molar-refractivity contribution < 1.29 is 13.2 Å². The minimum Gasteiger partial charge on any atom is -0.355 e. The molecule has 2 rings (SSSR count). The Balaban J connectivity index is 2.23. The zero-order chi connectivity index (χ0) is 15.5. The van der Waals surface area contributed by atoms with Crippen LogP contribution in [0.4, 0.5) is 5.82 Å². The molecule has 0 unspecified atom stereocenters. The summed E-state index contributed by atoms with van der Waals surface area (Å²) in [5.74, 6) is -0.245. The Kier molecular flexibility index (Phi) is 4.39. The third-order valence-corrected chi connectivity index (χ3v) is 4.08. The van der Waals surface area contributed by atoms with E-state index in [-0.39, 0.29) is 21.8 Å². The van der Waals surface area contributed by atoms with Crippen LogP contribution in [-0.4, -0.2) is 31.3 Å². The molecule has 21 heavy (non-hydrogen) atoms. The first-order valence-corrected chi connectivity index (χ1v) is 7.61. The monoisotopic (exact) mass is 326 g/mol. The number of aromatic nitrogens is 2. The molecule has 2 N–H and O–H groups in total. The van der Waals surface area contributed by atoms with Crippen molar-refractivity contribution in [1.82, 2.24) is 15.3 Å². The Labute approximate surface area is 126 Å². The van der Waals surface area contributed by atoms with E-state index in [0.717, 1.165) is 0 Å². The second-order valence-corrected chi connectivity index (χ2v) is 6.00. The fraction of sp³-hybridized carbons (Fsp3) is 0.0833. The Morgan fingerprint density at radius 2 is 1.81 bits per heavy atom. The quantitative estimate of drug-likeness (QED) is 0.881. The first-order valence-electron chi connectivity index (χ1n) is 5.75. The highest BCUT2D eigenvalue weighted by atomic mass is 35.5. The molecule has 1 heterocycles. The number of rotatable bonds is 4. The predicted molar refractivity (Wildman–Crippen MR) is 77.7 cm³/mol. The Morgan fingerprint density at radius 1 is 1.14 bits per heavy atom. The van der Waals surface area contributed by atoms with Crippen LogP contribution in [0.2, 0.25) is 5.15 Å². The largest absolute Gasteiger partial charge is 0.355 e. The van der Waals surface area contributed by atoms with Crippen LogP contribution in [0.15, 0.2) is 41.6 Å². The van der Waals surface area contributed by atoms with Crippen molar-refractivity contribution in [1.29, 1.82) is 0 Å². The van der Waals surface area contributed by atoms with Crippen molar-refractivity contribution in [2.45, 2.75) is 4.90 Å². The average Bonchev–Trinajstić information content (AvgIpc) is 2.49. The number of hydrogen-bond donors (Lipinski definition) is 2. The number of anilines is 1. The maximum Gasteiger partial charge on any atom is 0.263 e. The first-order chi connectivity index (χ1) is 9.92. The van der Waals surface area contributed by atoms with Crippen molar-refractivity contribution in [3.8, 4) is 0 Å².